The quantitative estimate of drug-likeness (QED) is 0.429. The lowest BCUT2D eigenvalue weighted by atomic mass is 10.0. The molecule has 0 atom stereocenters. The Morgan fingerprint density at radius 2 is 1.53 bits per heavy atom. The SMILES string of the molecule is O=C(Nc1nc(-c2ccccc2)c(C(=O)c2ccc(F)cc2F)s1)c1ccccc1. The van der Waals surface area contributed by atoms with Crippen molar-refractivity contribution in [1.29, 1.82) is 0 Å². The molecule has 4 nitrogen and oxygen atoms in total. The van der Waals surface area contributed by atoms with Crippen LogP contribution in [0, 0.1) is 11.6 Å². The number of amides is 1. The van der Waals surface area contributed by atoms with E-state index in [9.17, 15) is 18.4 Å². The van der Waals surface area contributed by atoms with Crippen molar-refractivity contribution >= 4 is 28.2 Å². The normalized spacial score (nSPS) is 10.6. The standard InChI is InChI=1S/C23H14F2N2O2S/c24-16-11-12-17(18(25)13-16)20(28)21-19(14-7-3-1-4-8-14)26-23(30-21)27-22(29)15-9-5-2-6-10-15/h1-13H,(H,26,27,29). The maximum absolute atomic E-state index is 14.2. The highest BCUT2D eigenvalue weighted by Gasteiger charge is 2.24. The Hall–Kier alpha value is -3.71. The number of hydrogen-bond acceptors (Lipinski definition) is 4. The van der Waals surface area contributed by atoms with Crippen LogP contribution in [0.5, 0.6) is 0 Å². The fourth-order valence-electron chi connectivity index (χ4n) is 2.87. The fraction of sp³-hybridized carbons (Fsp3) is 0. The maximum Gasteiger partial charge on any atom is 0.257 e. The highest BCUT2D eigenvalue weighted by molar-refractivity contribution is 7.18. The van der Waals surface area contributed by atoms with E-state index in [0.717, 1.165) is 23.5 Å². The van der Waals surface area contributed by atoms with Gasteiger partial charge in [0, 0.05) is 17.2 Å². The van der Waals surface area contributed by atoms with E-state index in [1.54, 1.807) is 54.6 Å². The molecule has 0 saturated carbocycles. The molecule has 3 aromatic carbocycles. The molecule has 7 heteroatoms. The highest BCUT2D eigenvalue weighted by Crippen LogP contribution is 2.33. The van der Waals surface area contributed by atoms with Crippen LogP contribution in [0.3, 0.4) is 0 Å². The number of hydrogen-bond donors (Lipinski definition) is 1. The molecule has 4 aromatic rings. The topological polar surface area (TPSA) is 59.1 Å². The van der Waals surface area contributed by atoms with Gasteiger partial charge >= 0.3 is 0 Å². The van der Waals surface area contributed by atoms with Crippen LogP contribution in [0.25, 0.3) is 11.3 Å². The van der Waals surface area contributed by atoms with Crippen molar-refractivity contribution < 1.29 is 18.4 Å². The molecule has 4 rings (SSSR count). The molecule has 0 radical (unpaired) electrons. The lowest BCUT2D eigenvalue weighted by Crippen LogP contribution is -2.11. The van der Waals surface area contributed by atoms with Gasteiger partial charge in [-0.15, -0.1) is 0 Å². The second-order valence-electron chi connectivity index (χ2n) is 6.34. The highest BCUT2D eigenvalue weighted by atomic mass is 32.1. The number of nitrogens with one attached hydrogen (secondary N) is 1. The molecule has 0 unspecified atom stereocenters. The molecule has 1 aromatic heterocycles. The number of benzene rings is 3. The Bertz CT molecular complexity index is 1220. The molecule has 1 heterocycles. The molecule has 0 bridgehead atoms. The number of thiazole rings is 1. The van der Waals surface area contributed by atoms with E-state index in [4.69, 9.17) is 0 Å². The molecule has 1 N–H and O–H groups in total. The van der Waals surface area contributed by atoms with Crippen LogP contribution in [0.2, 0.25) is 0 Å². The summed E-state index contributed by atoms with van der Waals surface area (Å²) in [5, 5.41) is 2.88. The molecular formula is C23H14F2N2O2S. The number of nitrogens with zero attached hydrogens (tertiary/aromatic N) is 1. The van der Waals surface area contributed by atoms with Crippen molar-refractivity contribution in [2.75, 3.05) is 5.32 Å². The number of aromatic nitrogens is 1. The molecule has 0 aliphatic rings. The van der Waals surface area contributed by atoms with Gasteiger partial charge in [0.1, 0.15) is 16.5 Å². The summed E-state index contributed by atoms with van der Waals surface area (Å²) in [5.74, 6) is -2.74. The predicted octanol–water partition coefficient (Wildman–Crippen LogP) is 5.57. The second-order valence-corrected chi connectivity index (χ2v) is 7.34. The van der Waals surface area contributed by atoms with Gasteiger partial charge in [0.15, 0.2) is 5.13 Å². The van der Waals surface area contributed by atoms with Crippen LogP contribution in [0.1, 0.15) is 25.6 Å². The van der Waals surface area contributed by atoms with Crippen molar-refractivity contribution in [3.8, 4) is 11.3 Å². The predicted molar refractivity (Wildman–Crippen MR) is 112 cm³/mol. The first-order chi connectivity index (χ1) is 14.5. The van der Waals surface area contributed by atoms with Crippen LogP contribution in [-0.4, -0.2) is 16.7 Å². The summed E-state index contributed by atoms with van der Waals surface area (Å²) in [5.41, 5.74) is 1.13. The Morgan fingerprint density at radius 3 is 2.20 bits per heavy atom. The van der Waals surface area contributed by atoms with Crippen LogP contribution in [0.4, 0.5) is 13.9 Å². The summed E-state index contributed by atoms with van der Waals surface area (Å²) >= 11 is 0.940. The zero-order valence-corrected chi connectivity index (χ0v) is 16.2. The summed E-state index contributed by atoms with van der Waals surface area (Å²) in [7, 11) is 0. The van der Waals surface area contributed by atoms with Crippen LogP contribution >= 0.6 is 11.3 Å². The van der Waals surface area contributed by atoms with Crippen molar-refractivity contribution in [3.63, 3.8) is 0 Å². The van der Waals surface area contributed by atoms with Gasteiger partial charge in [-0.1, -0.05) is 59.9 Å². The van der Waals surface area contributed by atoms with Crippen molar-refractivity contribution in [2.45, 2.75) is 0 Å². The first-order valence-corrected chi connectivity index (χ1v) is 9.77. The average Bonchev–Trinajstić information content (AvgIpc) is 3.18. The van der Waals surface area contributed by atoms with Crippen molar-refractivity contribution in [2.24, 2.45) is 0 Å². The van der Waals surface area contributed by atoms with E-state index >= 15 is 0 Å². The monoisotopic (exact) mass is 420 g/mol. The molecule has 1 amide bonds. The molecule has 30 heavy (non-hydrogen) atoms. The zero-order valence-electron chi connectivity index (χ0n) is 15.4. The summed E-state index contributed by atoms with van der Waals surface area (Å²) in [6.07, 6.45) is 0. The minimum absolute atomic E-state index is 0.148. The Morgan fingerprint density at radius 1 is 0.867 bits per heavy atom. The molecule has 0 saturated heterocycles. The van der Waals surface area contributed by atoms with Gasteiger partial charge in [0.25, 0.3) is 5.91 Å². The zero-order chi connectivity index (χ0) is 21.1. The fourth-order valence-corrected chi connectivity index (χ4v) is 3.81. The number of halogens is 2. The Balaban J connectivity index is 1.75. The summed E-state index contributed by atoms with van der Waals surface area (Å²) in [4.78, 5) is 30.1. The minimum atomic E-state index is -0.956. The Labute approximate surface area is 174 Å². The van der Waals surface area contributed by atoms with E-state index in [-0.39, 0.29) is 21.5 Å². The van der Waals surface area contributed by atoms with E-state index in [1.807, 2.05) is 6.07 Å². The smallest absolute Gasteiger partial charge is 0.257 e. The molecule has 148 valence electrons. The number of carbonyl (C=O) groups excluding carboxylic acids is 2. The molecule has 0 fully saturated rings. The van der Waals surface area contributed by atoms with Gasteiger partial charge < -0.3 is 0 Å². The summed E-state index contributed by atoms with van der Waals surface area (Å²) < 4.78 is 27.5. The van der Waals surface area contributed by atoms with Gasteiger partial charge in [-0.2, -0.15) is 0 Å². The van der Waals surface area contributed by atoms with Gasteiger partial charge in [-0.05, 0) is 24.3 Å². The lowest BCUT2D eigenvalue weighted by molar-refractivity contribution is 0.102. The molecule has 0 aliphatic heterocycles. The van der Waals surface area contributed by atoms with Crippen LogP contribution in [-0.2, 0) is 0 Å². The van der Waals surface area contributed by atoms with Gasteiger partial charge in [-0.25, -0.2) is 13.8 Å². The largest absolute Gasteiger partial charge is 0.298 e. The van der Waals surface area contributed by atoms with E-state index in [0.29, 0.717) is 22.9 Å². The third-order valence-corrected chi connectivity index (χ3v) is 5.28. The average molecular weight is 420 g/mol. The van der Waals surface area contributed by atoms with Crippen LogP contribution in [0.15, 0.2) is 78.9 Å². The Kier molecular flexibility index (Phi) is 5.45. The first kappa shape index (κ1) is 19.6. The molecule has 0 spiro atoms. The second kappa shape index (κ2) is 8.34. The molecular weight excluding hydrogens is 406 g/mol. The molecule has 0 aliphatic carbocycles. The lowest BCUT2D eigenvalue weighted by Gasteiger charge is -2.03. The maximum atomic E-state index is 14.2. The van der Waals surface area contributed by atoms with E-state index < -0.39 is 17.4 Å². The third kappa shape index (κ3) is 4.01. The van der Waals surface area contributed by atoms with Crippen LogP contribution < -0.4 is 5.32 Å². The van der Waals surface area contributed by atoms with Crippen molar-refractivity contribution in [1.82, 2.24) is 4.98 Å². The number of anilines is 1. The van der Waals surface area contributed by atoms with E-state index in [2.05, 4.69) is 10.3 Å². The van der Waals surface area contributed by atoms with Crippen molar-refractivity contribution in [3.05, 3.63) is 107 Å². The van der Waals surface area contributed by atoms with Gasteiger partial charge in [0.2, 0.25) is 5.78 Å². The number of ketones is 1. The summed E-state index contributed by atoms with van der Waals surface area (Å²) in [6.45, 7) is 0. The van der Waals surface area contributed by atoms with Gasteiger partial charge in [-0.3, -0.25) is 14.9 Å². The van der Waals surface area contributed by atoms with E-state index in [1.165, 1.54) is 0 Å². The minimum Gasteiger partial charge on any atom is -0.298 e. The number of rotatable bonds is 5. The van der Waals surface area contributed by atoms with Gasteiger partial charge in [0.05, 0.1) is 11.3 Å². The first-order valence-electron chi connectivity index (χ1n) is 8.95. The third-order valence-electron chi connectivity index (χ3n) is 4.31. The number of carbonyl (C=O) groups is 2. The summed E-state index contributed by atoms with van der Waals surface area (Å²) in [6, 6.07) is 20.3.